The third-order valence-corrected chi connectivity index (χ3v) is 3.07. The minimum atomic E-state index is 0.166. The summed E-state index contributed by atoms with van der Waals surface area (Å²) in [6.07, 6.45) is 1.42. The molecule has 98 valence electrons. The van der Waals surface area contributed by atoms with Crippen LogP contribution in [0.15, 0.2) is 10.9 Å². The molecule has 0 aliphatic carbocycles. The molecule has 0 aliphatic rings. The van der Waals surface area contributed by atoms with E-state index >= 15 is 0 Å². The summed E-state index contributed by atoms with van der Waals surface area (Å²) in [5.41, 5.74) is 0. The number of rotatable bonds is 5. The topological polar surface area (TPSA) is 92.5 Å². The van der Waals surface area contributed by atoms with E-state index in [2.05, 4.69) is 51.4 Å². The Balaban J connectivity index is 2.27. The molecule has 18 heavy (non-hydrogen) atoms. The van der Waals surface area contributed by atoms with E-state index in [0.717, 1.165) is 0 Å². The molecule has 2 aromatic rings. The van der Waals surface area contributed by atoms with E-state index < -0.39 is 0 Å². The van der Waals surface area contributed by atoms with Crippen molar-refractivity contribution in [2.24, 2.45) is 5.92 Å². The van der Waals surface area contributed by atoms with Gasteiger partial charge < -0.3 is 9.84 Å². The van der Waals surface area contributed by atoms with Crippen LogP contribution in [0.4, 0.5) is 0 Å². The maximum absolute atomic E-state index is 5.35. The molecule has 2 unspecified atom stereocenters. The highest BCUT2D eigenvalue weighted by Crippen LogP contribution is 2.27. The number of likely N-dealkylation sites (N-methyl/N-ethyl adjacent to an activating group) is 1. The van der Waals surface area contributed by atoms with Gasteiger partial charge in [-0.15, -0.1) is 0 Å². The van der Waals surface area contributed by atoms with Gasteiger partial charge in [0.05, 0.1) is 5.92 Å². The zero-order valence-electron chi connectivity index (χ0n) is 11.0. The molecule has 0 fully saturated rings. The van der Waals surface area contributed by atoms with Gasteiger partial charge >= 0.3 is 0 Å². The van der Waals surface area contributed by atoms with Crippen LogP contribution in [0.5, 0.6) is 0 Å². The van der Waals surface area contributed by atoms with Gasteiger partial charge in [-0.2, -0.15) is 10.1 Å². The highest BCUT2D eigenvalue weighted by molar-refractivity contribution is 5.39. The van der Waals surface area contributed by atoms with Crippen molar-refractivity contribution in [1.82, 2.24) is 30.6 Å². The van der Waals surface area contributed by atoms with Crippen molar-refractivity contribution in [3.8, 4) is 11.6 Å². The van der Waals surface area contributed by atoms with Crippen molar-refractivity contribution in [3.05, 3.63) is 12.2 Å². The second-order valence-corrected chi connectivity index (χ2v) is 4.64. The molecule has 0 radical (unpaired) electrons. The lowest BCUT2D eigenvalue weighted by Crippen LogP contribution is -2.32. The fourth-order valence-corrected chi connectivity index (χ4v) is 2.04. The predicted octanol–water partition coefficient (Wildman–Crippen LogP) is 1.20. The normalized spacial score (nSPS) is 14.9. The summed E-state index contributed by atoms with van der Waals surface area (Å²) < 4.78 is 5.35. The third-order valence-electron chi connectivity index (χ3n) is 3.07. The minimum absolute atomic E-state index is 0.166. The lowest BCUT2D eigenvalue weighted by Gasteiger charge is -2.23. The Labute approximate surface area is 105 Å². The van der Waals surface area contributed by atoms with Crippen molar-refractivity contribution in [3.63, 3.8) is 0 Å². The Morgan fingerprint density at radius 3 is 2.67 bits per heavy atom. The fraction of sp³-hybridized carbons (Fsp3) is 0.636. The van der Waals surface area contributed by atoms with Crippen molar-refractivity contribution < 1.29 is 4.52 Å². The Bertz CT molecular complexity index is 477. The third kappa shape index (κ3) is 2.40. The molecule has 2 N–H and O–H groups in total. The summed E-state index contributed by atoms with van der Waals surface area (Å²) in [4.78, 5) is 8.39. The zero-order chi connectivity index (χ0) is 13.1. The van der Waals surface area contributed by atoms with E-state index in [4.69, 9.17) is 4.52 Å². The Kier molecular flexibility index (Phi) is 3.71. The van der Waals surface area contributed by atoms with Crippen molar-refractivity contribution in [2.75, 3.05) is 7.05 Å². The molecule has 0 aliphatic heterocycles. The molecule has 0 saturated carbocycles. The first kappa shape index (κ1) is 12.7. The van der Waals surface area contributed by atoms with E-state index in [1.165, 1.54) is 6.33 Å². The number of nitrogens with zero attached hydrogens (tertiary/aromatic N) is 4. The number of aromatic nitrogens is 5. The number of nitrogens with one attached hydrogen (secondary N) is 2. The van der Waals surface area contributed by atoms with Crippen LogP contribution in [0.1, 0.15) is 32.6 Å². The average molecular weight is 250 g/mol. The molecule has 7 heteroatoms. The molecule has 0 spiro atoms. The van der Waals surface area contributed by atoms with Crippen LogP contribution in [-0.2, 0) is 0 Å². The predicted molar refractivity (Wildman–Crippen MR) is 65.8 cm³/mol. The van der Waals surface area contributed by atoms with Crippen LogP contribution < -0.4 is 5.32 Å². The van der Waals surface area contributed by atoms with Gasteiger partial charge in [-0.05, 0) is 19.9 Å². The molecular weight excluding hydrogens is 232 g/mol. The van der Waals surface area contributed by atoms with Crippen LogP contribution in [-0.4, -0.2) is 38.4 Å². The quantitative estimate of drug-likeness (QED) is 0.828. The summed E-state index contributed by atoms with van der Waals surface area (Å²) in [6.45, 7) is 6.37. The smallest absolute Gasteiger partial charge is 0.239 e. The maximum Gasteiger partial charge on any atom is 0.239 e. The maximum atomic E-state index is 5.35. The number of aromatic amines is 1. The first-order valence-corrected chi connectivity index (χ1v) is 6.00. The summed E-state index contributed by atoms with van der Waals surface area (Å²) >= 11 is 0. The van der Waals surface area contributed by atoms with E-state index in [-0.39, 0.29) is 12.0 Å². The Hall–Kier alpha value is -1.76. The zero-order valence-corrected chi connectivity index (χ0v) is 11.0. The van der Waals surface area contributed by atoms with Gasteiger partial charge in [-0.3, -0.25) is 5.10 Å². The van der Waals surface area contributed by atoms with Crippen molar-refractivity contribution >= 4 is 0 Å². The second kappa shape index (κ2) is 5.26. The monoisotopic (exact) mass is 250 g/mol. The van der Waals surface area contributed by atoms with E-state index in [9.17, 15) is 0 Å². The van der Waals surface area contributed by atoms with Crippen molar-refractivity contribution in [1.29, 1.82) is 0 Å². The summed E-state index contributed by atoms with van der Waals surface area (Å²) in [6, 6.07) is 0.257. The molecule has 0 bridgehead atoms. The molecule has 2 atom stereocenters. The van der Waals surface area contributed by atoms with Crippen LogP contribution >= 0.6 is 0 Å². The summed E-state index contributed by atoms with van der Waals surface area (Å²) in [7, 11) is 1.92. The SMILES string of the molecule is CNC(C)C(c1nc(-c2ncn[nH]2)no1)C(C)C. The van der Waals surface area contributed by atoms with Crippen LogP contribution in [0.3, 0.4) is 0 Å². The van der Waals surface area contributed by atoms with Gasteiger partial charge in [-0.25, -0.2) is 4.98 Å². The Morgan fingerprint density at radius 2 is 2.11 bits per heavy atom. The van der Waals surface area contributed by atoms with Crippen LogP contribution in [0.25, 0.3) is 11.6 Å². The van der Waals surface area contributed by atoms with Gasteiger partial charge in [0, 0.05) is 6.04 Å². The van der Waals surface area contributed by atoms with Gasteiger partial charge in [0.25, 0.3) is 0 Å². The largest absolute Gasteiger partial charge is 0.338 e. The van der Waals surface area contributed by atoms with Crippen LogP contribution in [0, 0.1) is 5.92 Å². The highest BCUT2D eigenvalue weighted by Gasteiger charge is 2.28. The summed E-state index contributed by atoms with van der Waals surface area (Å²) in [5, 5.41) is 13.6. The first-order chi connectivity index (χ1) is 8.63. The number of hydrogen-bond donors (Lipinski definition) is 2. The van der Waals surface area contributed by atoms with Gasteiger partial charge in [0.15, 0.2) is 5.82 Å². The van der Waals surface area contributed by atoms with Crippen LogP contribution in [0.2, 0.25) is 0 Å². The average Bonchev–Trinajstić information content (AvgIpc) is 2.98. The van der Waals surface area contributed by atoms with Crippen molar-refractivity contribution in [2.45, 2.75) is 32.7 Å². The van der Waals surface area contributed by atoms with Gasteiger partial charge in [0.1, 0.15) is 6.33 Å². The molecule has 2 rings (SSSR count). The summed E-state index contributed by atoms with van der Waals surface area (Å²) in [5.74, 6) is 2.15. The Morgan fingerprint density at radius 1 is 1.33 bits per heavy atom. The molecule has 7 nitrogen and oxygen atoms in total. The fourth-order valence-electron chi connectivity index (χ4n) is 2.04. The number of hydrogen-bond acceptors (Lipinski definition) is 6. The minimum Gasteiger partial charge on any atom is -0.338 e. The molecule has 2 heterocycles. The lowest BCUT2D eigenvalue weighted by molar-refractivity contribution is 0.286. The molecule has 0 saturated heterocycles. The lowest BCUT2D eigenvalue weighted by atomic mass is 9.89. The van der Waals surface area contributed by atoms with E-state index in [1.54, 1.807) is 0 Å². The second-order valence-electron chi connectivity index (χ2n) is 4.64. The molecule has 0 amide bonds. The van der Waals surface area contributed by atoms with Gasteiger partial charge in [-0.1, -0.05) is 19.0 Å². The highest BCUT2D eigenvalue weighted by atomic mass is 16.5. The molecule has 0 aromatic carbocycles. The number of H-pyrrole nitrogens is 1. The first-order valence-electron chi connectivity index (χ1n) is 6.00. The standard InChI is InChI=1S/C11H18N6O/c1-6(2)8(7(3)12-4)11-15-10(17-18-11)9-13-5-14-16-9/h5-8,12H,1-4H3,(H,13,14,16). The van der Waals surface area contributed by atoms with E-state index in [0.29, 0.717) is 23.5 Å². The molecular formula is C11H18N6O. The van der Waals surface area contributed by atoms with E-state index in [1.807, 2.05) is 7.05 Å². The van der Waals surface area contributed by atoms with Gasteiger partial charge in [0.2, 0.25) is 11.7 Å². The molecule has 2 aromatic heterocycles.